The lowest BCUT2D eigenvalue weighted by atomic mass is 9.74. The summed E-state index contributed by atoms with van der Waals surface area (Å²) in [5.74, 6) is -8.36. The maximum atomic E-state index is 15.7. The summed E-state index contributed by atoms with van der Waals surface area (Å²) in [5.41, 5.74) is -5.69. The second-order valence-corrected chi connectivity index (χ2v) is 21.7. The van der Waals surface area contributed by atoms with E-state index in [1.54, 1.807) is 6.08 Å². The van der Waals surface area contributed by atoms with E-state index in [9.17, 15) is 50.1 Å². The molecule has 10 atom stereocenters. The third kappa shape index (κ3) is 14.0. The number of ether oxygens (including phenoxy) is 6. The number of hydrogen-bond acceptors (Lipinski definition) is 21. The number of carbonyl (C=O) groups excluding carboxylic acids is 4. The van der Waals surface area contributed by atoms with E-state index in [4.69, 9.17) is 28.4 Å². The fraction of sp³-hybridized carbons (Fsp3) is 0.414. The van der Waals surface area contributed by atoms with Gasteiger partial charge in [0.1, 0.15) is 25.4 Å². The molecule has 1 aromatic heterocycles. The monoisotopic (exact) mass is 1160 g/mol. The summed E-state index contributed by atoms with van der Waals surface area (Å²) in [5, 5.41) is 70.2. The van der Waals surface area contributed by atoms with E-state index in [-0.39, 0.29) is 62.9 Å². The minimum Gasteiger partial charge on any atom is -0.459 e. The van der Waals surface area contributed by atoms with Crippen LogP contribution in [0.3, 0.4) is 0 Å². The first-order valence-electron chi connectivity index (χ1n) is 26.5. The highest BCUT2D eigenvalue weighted by Crippen LogP contribution is 2.60. The molecule has 2 bridgehead atoms. The van der Waals surface area contributed by atoms with Gasteiger partial charge in [0.2, 0.25) is 11.4 Å². The SMILES string of the molecule is C=C(CC[C@@]12O[C@H](c3nnc(SCc4ccc([N+](=O)[O-])cc4)n3C)[C@@](O)(C(=O)OCc3ccc([N+](=O)[O-])cc3)[C@@](C(=O)OCc3ccc([N+](=O)[O-])cc3)(O1)[C@H](OC(=O)/C=C/[C@@H](C)C[C@@H](C)CC)[C@H]2O)[C@@H](OC(C)=O)[C@H](C)Cc1ccccc1. The number of benzene rings is 4. The molecule has 4 aromatic carbocycles. The molecule has 440 valence electrons. The Morgan fingerprint density at radius 1 is 0.807 bits per heavy atom. The van der Waals surface area contributed by atoms with Crippen molar-refractivity contribution in [2.75, 3.05) is 0 Å². The van der Waals surface area contributed by atoms with Crippen molar-refractivity contribution in [3.63, 3.8) is 0 Å². The Kier molecular flexibility index (Phi) is 20.1. The Morgan fingerprint density at radius 2 is 1.35 bits per heavy atom. The summed E-state index contributed by atoms with van der Waals surface area (Å²) in [6.45, 7) is 11.8. The van der Waals surface area contributed by atoms with Crippen LogP contribution < -0.4 is 0 Å². The van der Waals surface area contributed by atoms with Gasteiger partial charge in [-0.05, 0) is 83.2 Å². The number of fused-ring (bicyclic) bond motifs is 2. The summed E-state index contributed by atoms with van der Waals surface area (Å²) < 4.78 is 38.4. The number of rotatable bonds is 27. The van der Waals surface area contributed by atoms with Crippen molar-refractivity contribution in [3.05, 3.63) is 186 Å². The van der Waals surface area contributed by atoms with Crippen LogP contribution in [0.25, 0.3) is 0 Å². The summed E-state index contributed by atoms with van der Waals surface area (Å²) in [4.78, 5) is 90.9. The fourth-order valence-corrected chi connectivity index (χ4v) is 10.9. The first-order valence-corrected chi connectivity index (χ1v) is 27.5. The van der Waals surface area contributed by atoms with Crippen molar-refractivity contribution < 1.29 is 72.6 Å². The van der Waals surface area contributed by atoms with Crippen molar-refractivity contribution in [2.24, 2.45) is 24.8 Å². The summed E-state index contributed by atoms with van der Waals surface area (Å²) >= 11 is 1.07. The van der Waals surface area contributed by atoms with E-state index >= 15 is 9.59 Å². The molecule has 0 amide bonds. The van der Waals surface area contributed by atoms with Crippen LogP contribution in [0.15, 0.2) is 133 Å². The van der Waals surface area contributed by atoms with Gasteiger partial charge in [-0.3, -0.25) is 35.1 Å². The largest absolute Gasteiger partial charge is 0.459 e. The molecule has 2 aliphatic heterocycles. The lowest BCUT2D eigenvalue weighted by Gasteiger charge is -2.50. The number of thioether (sulfide) groups is 1. The fourth-order valence-electron chi connectivity index (χ4n) is 10.1. The van der Waals surface area contributed by atoms with Crippen LogP contribution in [-0.2, 0) is 80.0 Å². The molecule has 2 fully saturated rings. The van der Waals surface area contributed by atoms with Crippen molar-refractivity contribution >= 4 is 52.7 Å². The predicted molar refractivity (Wildman–Crippen MR) is 296 cm³/mol. The highest BCUT2D eigenvalue weighted by molar-refractivity contribution is 7.98. The number of carbonyl (C=O) groups is 4. The molecule has 25 heteroatoms. The maximum Gasteiger partial charge on any atom is 0.346 e. The predicted octanol–water partition coefficient (Wildman–Crippen LogP) is 8.63. The minimum atomic E-state index is -3.64. The van der Waals surface area contributed by atoms with Gasteiger partial charge in [0.05, 0.1) is 14.8 Å². The van der Waals surface area contributed by atoms with Gasteiger partial charge in [0, 0.05) is 74.5 Å². The average molecular weight is 1170 g/mol. The van der Waals surface area contributed by atoms with Crippen molar-refractivity contribution in [1.29, 1.82) is 0 Å². The normalized spacial score (nSPS) is 22.4. The van der Waals surface area contributed by atoms with Crippen LogP contribution in [-0.4, -0.2) is 98.9 Å². The Morgan fingerprint density at radius 3 is 1.88 bits per heavy atom. The number of aliphatic hydroxyl groups excluding tert-OH is 1. The number of nitrogens with zero attached hydrogens (tertiary/aromatic N) is 6. The van der Waals surface area contributed by atoms with Crippen LogP contribution in [0.1, 0.15) is 94.5 Å². The molecular formula is C58H64N6O18S. The Bertz CT molecular complexity index is 3220. The van der Waals surface area contributed by atoms with Crippen molar-refractivity contribution in [3.8, 4) is 0 Å². The van der Waals surface area contributed by atoms with E-state index in [0.717, 1.165) is 54.1 Å². The van der Waals surface area contributed by atoms with Gasteiger partial charge in [-0.25, -0.2) is 14.4 Å². The Hall–Kier alpha value is -8.23. The number of hydrogen-bond donors (Lipinski definition) is 2. The molecule has 0 spiro atoms. The van der Waals surface area contributed by atoms with Crippen LogP contribution in [0, 0.1) is 48.1 Å². The number of nitro benzene ring substituents is 3. The van der Waals surface area contributed by atoms with Crippen molar-refractivity contribution in [1.82, 2.24) is 14.8 Å². The highest BCUT2D eigenvalue weighted by Gasteiger charge is 2.86. The van der Waals surface area contributed by atoms with Crippen molar-refractivity contribution in [2.45, 2.75) is 132 Å². The van der Waals surface area contributed by atoms with Gasteiger partial charge in [-0.1, -0.05) is 101 Å². The Labute approximate surface area is 481 Å². The standard InChI is InChI=1S/C58H64N6O18S/c1-8-35(2)30-36(3)14-27-47(66)80-50-49(67)56(29-28-37(4)48(79-39(6)65)38(5)31-40-12-10-9-11-13-40)81-51(52-59-60-55(61(52)7)83-34-43-19-25-46(26-20-43)64(75)76)57(70,53(68)77-32-41-15-21-44(22-16-41)62(71)72)58(50,82-56)54(69)78-33-42-17-23-45(24-18-42)63(73)74/h9-27,35-36,38,48-51,67,70H,4,8,28-34H2,1-3,5-7H3/b27-14+/t35-,36+,38+,48+,49+,50+,51+,56+,57+,58+/m0/s1. The zero-order valence-electron chi connectivity index (χ0n) is 46.4. The third-order valence-electron chi connectivity index (χ3n) is 14.7. The molecule has 2 N–H and O–H groups in total. The number of aliphatic hydroxyl groups is 2. The van der Waals surface area contributed by atoms with Crippen LogP contribution >= 0.6 is 11.8 Å². The second kappa shape index (κ2) is 26.8. The van der Waals surface area contributed by atoms with Gasteiger partial charge in [-0.2, -0.15) is 0 Å². The maximum absolute atomic E-state index is 15.7. The first kappa shape index (κ1) is 62.4. The van der Waals surface area contributed by atoms with Gasteiger partial charge >= 0.3 is 23.9 Å². The smallest absolute Gasteiger partial charge is 0.346 e. The van der Waals surface area contributed by atoms with E-state index in [1.807, 2.05) is 58.0 Å². The topological polar surface area (TPSA) is 324 Å². The number of esters is 4. The number of nitro groups is 3. The molecule has 3 heterocycles. The van der Waals surface area contributed by atoms with E-state index in [1.165, 1.54) is 67.1 Å². The molecule has 0 aliphatic carbocycles. The molecule has 7 rings (SSSR count). The van der Waals surface area contributed by atoms with Gasteiger partial charge in [0.15, 0.2) is 23.2 Å². The summed E-state index contributed by atoms with van der Waals surface area (Å²) in [6.07, 6.45) is -4.28. The molecule has 0 saturated carbocycles. The number of aromatic nitrogens is 3. The molecule has 2 saturated heterocycles. The lowest BCUT2D eigenvalue weighted by molar-refractivity contribution is -0.385. The number of allylic oxidation sites excluding steroid dienone is 1. The second-order valence-electron chi connectivity index (χ2n) is 20.8. The molecule has 5 aromatic rings. The molecule has 2 aliphatic rings. The lowest BCUT2D eigenvalue weighted by Crippen LogP contribution is -2.75. The summed E-state index contributed by atoms with van der Waals surface area (Å²) in [6, 6.07) is 24.7. The highest BCUT2D eigenvalue weighted by atomic mass is 32.2. The molecule has 0 radical (unpaired) electrons. The molecule has 0 unspecified atom stereocenters. The van der Waals surface area contributed by atoms with E-state index in [2.05, 4.69) is 16.8 Å². The van der Waals surface area contributed by atoms with E-state index in [0.29, 0.717) is 18.4 Å². The van der Waals surface area contributed by atoms with Gasteiger partial charge < -0.3 is 43.2 Å². The van der Waals surface area contributed by atoms with Gasteiger partial charge in [-0.15, -0.1) is 10.2 Å². The van der Waals surface area contributed by atoms with Crippen LogP contribution in [0.5, 0.6) is 0 Å². The molecule has 24 nitrogen and oxygen atoms in total. The zero-order chi connectivity index (χ0) is 60.4. The van der Waals surface area contributed by atoms with Crippen LogP contribution in [0.4, 0.5) is 17.1 Å². The van der Waals surface area contributed by atoms with Gasteiger partial charge in [0.25, 0.3) is 22.7 Å². The number of non-ortho nitro benzene ring substituents is 3. The molecular weight excluding hydrogens is 1100 g/mol. The summed E-state index contributed by atoms with van der Waals surface area (Å²) in [7, 11) is 1.43. The molecule has 83 heavy (non-hydrogen) atoms. The van der Waals surface area contributed by atoms with E-state index < -0.39 is 111 Å². The minimum absolute atomic E-state index is 0.108. The zero-order valence-corrected chi connectivity index (χ0v) is 47.2. The average Bonchev–Trinajstić information content (AvgIpc) is 3.31. The third-order valence-corrected chi connectivity index (χ3v) is 15.8. The first-order chi connectivity index (χ1) is 39.4. The van der Waals surface area contributed by atoms with Crippen LogP contribution in [0.2, 0.25) is 0 Å². The quantitative estimate of drug-likeness (QED) is 0.00944. The Balaban J connectivity index is 1.40.